The Morgan fingerprint density at radius 1 is 1.04 bits per heavy atom. The van der Waals surface area contributed by atoms with Crippen LogP contribution < -0.4 is 20.2 Å². The number of amides is 1. The molecule has 26 heavy (non-hydrogen) atoms. The average Bonchev–Trinajstić information content (AvgIpc) is 2.64. The van der Waals surface area contributed by atoms with Gasteiger partial charge in [-0.05, 0) is 56.7 Å². The Morgan fingerprint density at radius 3 is 2.42 bits per heavy atom. The summed E-state index contributed by atoms with van der Waals surface area (Å²) in [5.41, 5.74) is 5.37. The van der Waals surface area contributed by atoms with Crippen LogP contribution in [0.4, 0.5) is 5.69 Å². The molecule has 0 bridgehead atoms. The van der Waals surface area contributed by atoms with Crippen LogP contribution in [0.1, 0.15) is 25.0 Å². The minimum Gasteiger partial charge on any atom is -0.490 e. The summed E-state index contributed by atoms with van der Waals surface area (Å²) < 4.78 is 11.1. The first-order valence-corrected chi connectivity index (χ1v) is 8.64. The smallest absolute Gasteiger partial charge is 0.259 e. The maximum atomic E-state index is 11.9. The molecule has 0 saturated carbocycles. The summed E-state index contributed by atoms with van der Waals surface area (Å²) in [4.78, 5) is 11.9. The quantitative estimate of drug-likeness (QED) is 0.534. The Balaban J connectivity index is 1.87. The van der Waals surface area contributed by atoms with Gasteiger partial charge < -0.3 is 14.8 Å². The summed E-state index contributed by atoms with van der Waals surface area (Å²) in [6.07, 6.45) is 1.57. The van der Waals surface area contributed by atoms with Gasteiger partial charge in [0.25, 0.3) is 5.91 Å². The Bertz CT molecular complexity index is 742. The lowest BCUT2D eigenvalue weighted by molar-refractivity contribution is -0.119. The number of hydrogen-bond acceptors (Lipinski definition) is 5. The van der Waals surface area contributed by atoms with Crippen molar-refractivity contribution < 1.29 is 14.3 Å². The number of anilines is 1. The molecule has 0 aliphatic rings. The third-order valence-electron chi connectivity index (χ3n) is 3.47. The maximum Gasteiger partial charge on any atom is 0.259 e. The van der Waals surface area contributed by atoms with Gasteiger partial charge in [0.15, 0.2) is 11.5 Å². The molecule has 0 radical (unpaired) electrons. The van der Waals surface area contributed by atoms with E-state index in [4.69, 9.17) is 9.47 Å². The van der Waals surface area contributed by atoms with Gasteiger partial charge in [-0.3, -0.25) is 4.79 Å². The van der Waals surface area contributed by atoms with Crippen molar-refractivity contribution in [3.8, 4) is 11.5 Å². The van der Waals surface area contributed by atoms with E-state index in [1.54, 1.807) is 6.21 Å². The highest BCUT2D eigenvalue weighted by molar-refractivity contribution is 5.84. The highest BCUT2D eigenvalue weighted by atomic mass is 16.5. The highest BCUT2D eigenvalue weighted by Crippen LogP contribution is 2.27. The summed E-state index contributed by atoms with van der Waals surface area (Å²) in [7, 11) is 0. The van der Waals surface area contributed by atoms with Crippen LogP contribution in [0, 0.1) is 6.92 Å². The monoisotopic (exact) mass is 355 g/mol. The SMILES string of the molecule is CCOc1ccc(/C=N/NC(=O)CNc2ccc(C)cc2)cc1OCC. The van der Waals surface area contributed by atoms with Crippen molar-refractivity contribution in [2.45, 2.75) is 20.8 Å². The van der Waals surface area contributed by atoms with Crippen LogP contribution in [-0.2, 0) is 4.79 Å². The first kappa shape index (κ1) is 19.3. The second-order valence-electron chi connectivity index (χ2n) is 5.58. The van der Waals surface area contributed by atoms with E-state index >= 15 is 0 Å². The number of hydrazone groups is 1. The Kier molecular flexibility index (Phi) is 7.49. The van der Waals surface area contributed by atoms with Gasteiger partial charge in [0, 0.05) is 5.69 Å². The number of rotatable bonds is 9. The highest BCUT2D eigenvalue weighted by Gasteiger charge is 2.05. The van der Waals surface area contributed by atoms with Gasteiger partial charge >= 0.3 is 0 Å². The lowest BCUT2D eigenvalue weighted by atomic mass is 10.2. The van der Waals surface area contributed by atoms with Crippen LogP contribution >= 0.6 is 0 Å². The second kappa shape index (κ2) is 10.1. The molecule has 6 heteroatoms. The van der Waals surface area contributed by atoms with Crippen molar-refractivity contribution >= 4 is 17.8 Å². The van der Waals surface area contributed by atoms with Crippen molar-refractivity contribution in [3.63, 3.8) is 0 Å². The fourth-order valence-corrected chi connectivity index (χ4v) is 2.22. The topological polar surface area (TPSA) is 72.0 Å². The van der Waals surface area contributed by atoms with Crippen molar-refractivity contribution in [1.82, 2.24) is 5.43 Å². The first-order chi connectivity index (χ1) is 12.6. The number of carbonyl (C=O) groups is 1. The lowest BCUT2D eigenvalue weighted by Crippen LogP contribution is -2.25. The van der Waals surface area contributed by atoms with Gasteiger partial charge in [-0.15, -0.1) is 0 Å². The Labute approximate surface area is 154 Å². The summed E-state index contributed by atoms with van der Waals surface area (Å²) in [6, 6.07) is 13.3. The summed E-state index contributed by atoms with van der Waals surface area (Å²) in [5, 5.41) is 7.03. The van der Waals surface area contributed by atoms with Crippen molar-refractivity contribution in [1.29, 1.82) is 0 Å². The number of nitrogens with zero attached hydrogens (tertiary/aromatic N) is 1. The molecule has 0 aliphatic carbocycles. The molecule has 2 N–H and O–H groups in total. The zero-order chi connectivity index (χ0) is 18.8. The molecule has 2 aromatic rings. The number of benzene rings is 2. The normalized spacial score (nSPS) is 10.6. The lowest BCUT2D eigenvalue weighted by Gasteiger charge is -2.11. The fourth-order valence-electron chi connectivity index (χ4n) is 2.22. The minimum atomic E-state index is -0.224. The van der Waals surface area contributed by atoms with Crippen LogP contribution in [0.2, 0.25) is 0 Å². The van der Waals surface area contributed by atoms with Gasteiger partial charge in [0.1, 0.15) is 0 Å². The van der Waals surface area contributed by atoms with Crippen LogP contribution in [0.3, 0.4) is 0 Å². The van der Waals surface area contributed by atoms with Crippen molar-refractivity contribution in [2.24, 2.45) is 5.10 Å². The van der Waals surface area contributed by atoms with E-state index in [2.05, 4.69) is 15.8 Å². The van der Waals surface area contributed by atoms with Crippen molar-refractivity contribution in [3.05, 3.63) is 53.6 Å². The van der Waals surface area contributed by atoms with Gasteiger partial charge in [-0.25, -0.2) is 5.43 Å². The van der Waals surface area contributed by atoms with E-state index in [0.717, 1.165) is 11.3 Å². The Morgan fingerprint density at radius 2 is 1.73 bits per heavy atom. The Hall–Kier alpha value is -3.02. The van der Waals surface area contributed by atoms with Gasteiger partial charge in [-0.1, -0.05) is 17.7 Å². The molecular formula is C20H25N3O3. The molecule has 6 nitrogen and oxygen atoms in total. The van der Waals surface area contributed by atoms with Crippen molar-refractivity contribution in [2.75, 3.05) is 25.1 Å². The fraction of sp³-hybridized carbons (Fsp3) is 0.300. The van der Waals surface area contributed by atoms with Crippen LogP contribution in [0.25, 0.3) is 0 Å². The largest absolute Gasteiger partial charge is 0.490 e. The third-order valence-corrected chi connectivity index (χ3v) is 3.47. The number of ether oxygens (including phenoxy) is 2. The van der Waals surface area contributed by atoms with Gasteiger partial charge in [0.2, 0.25) is 0 Å². The standard InChI is InChI=1S/C20H25N3O3/c1-4-25-18-11-8-16(12-19(18)26-5-2)13-22-23-20(24)14-21-17-9-6-15(3)7-10-17/h6-13,21H,4-5,14H2,1-3H3,(H,23,24)/b22-13+. The van der Waals surface area contributed by atoms with E-state index in [-0.39, 0.29) is 12.5 Å². The van der Waals surface area contributed by atoms with E-state index in [1.807, 2.05) is 63.2 Å². The van der Waals surface area contributed by atoms with E-state index in [0.29, 0.717) is 24.7 Å². The molecule has 0 saturated heterocycles. The summed E-state index contributed by atoms with van der Waals surface area (Å²) >= 11 is 0. The van der Waals surface area contributed by atoms with Crippen LogP contribution in [0.15, 0.2) is 47.6 Å². The van der Waals surface area contributed by atoms with E-state index in [1.165, 1.54) is 5.56 Å². The zero-order valence-electron chi connectivity index (χ0n) is 15.4. The molecule has 2 rings (SSSR count). The second-order valence-corrected chi connectivity index (χ2v) is 5.58. The number of aryl methyl sites for hydroxylation is 1. The van der Waals surface area contributed by atoms with Crippen LogP contribution in [-0.4, -0.2) is 31.9 Å². The molecule has 0 unspecified atom stereocenters. The predicted molar refractivity (Wildman–Crippen MR) is 104 cm³/mol. The molecule has 0 heterocycles. The average molecular weight is 355 g/mol. The molecular weight excluding hydrogens is 330 g/mol. The zero-order valence-corrected chi connectivity index (χ0v) is 15.4. The van der Waals surface area contributed by atoms with E-state index < -0.39 is 0 Å². The molecule has 0 atom stereocenters. The van der Waals surface area contributed by atoms with E-state index in [9.17, 15) is 4.79 Å². The molecule has 0 aliphatic heterocycles. The predicted octanol–water partition coefficient (Wildman–Crippen LogP) is 3.35. The number of nitrogens with one attached hydrogen (secondary N) is 2. The third kappa shape index (κ3) is 6.12. The molecule has 138 valence electrons. The van der Waals surface area contributed by atoms with Crippen LogP contribution in [0.5, 0.6) is 11.5 Å². The molecule has 0 spiro atoms. The summed E-state index contributed by atoms with van der Waals surface area (Å²) in [5.74, 6) is 1.13. The first-order valence-electron chi connectivity index (χ1n) is 8.64. The van der Waals surface area contributed by atoms with Gasteiger partial charge in [0.05, 0.1) is 26.0 Å². The molecule has 0 aromatic heterocycles. The molecule has 2 aromatic carbocycles. The van der Waals surface area contributed by atoms with Gasteiger partial charge in [-0.2, -0.15) is 5.10 Å². The molecule has 1 amide bonds. The number of hydrogen-bond donors (Lipinski definition) is 2. The maximum absolute atomic E-state index is 11.9. The minimum absolute atomic E-state index is 0.147. The summed E-state index contributed by atoms with van der Waals surface area (Å²) in [6.45, 7) is 7.11. The number of carbonyl (C=O) groups excluding carboxylic acids is 1. The molecule has 0 fully saturated rings.